The number of nitrogens with zero attached hydrogens (tertiary/aromatic N) is 1. The van der Waals surface area contributed by atoms with Crippen molar-refractivity contribution in [1.82, 2.24) is 4.90 Å². The van der Waals surface area contributed by atoms with E-state index >= 15 is 0 Å². The summed E-state index contributed by atoms with van der Waals surface area (Å²) in [5.74, 6) is 0.223. The maximum Gasteiger partial charge on any atom is 0.410 e. The number of ether oxygens (including phenoxy) is 1. The van der Waals surface area contributed by atoms with E-state index in [0.717, 1.165) is 57.2 Å². The second-order valence-corrected chi connectivity index (χ2v) is 7.41. The van der Waals surface area contributed by atoms with Crippen LogP contribution in [-0.4, -0.2) is 35.3 Å². The fourth-order valence-electron chi connectivity index (χ4n) is 4.13. The largest absolute Gasteiger partial charge is 0.442 e. The number of hydrogen-bond acceptors (Lipinski definition) is 3. The molecule has 1 saturated heterocycles. The Hall–Kier alpha value is -1.55. The van der Waals surface area contributed by atoms with E-state index in [1.165, 1.54) is 6.42 Å². The van der Waals surface area contributed by atoms with Gasteiger partial charge in [0.25, 0.3) is 0 Å². The lowest BCUT2D eigenvalue weighted by atomic mass is 9.76. The molecule has 1 aliphatic carbocycles. The number of hydrogen-bond donors (Lipinski definition) is 1. The first-order valence-corrected chi connectivity index (χ1v) is 9.32. The van der Waals surface area contributed by atoms with Crippen molar-refractivity contribution in [2.75, 3.05) is 13.1 Å². The van der Waals surface area contributed by atoms with Crippen LogP contribution in [0, 0.1) is 5.92 Å². The summed E-state index contributed by atoms with van der Waals surface area (Å²) in [7, 11) is 0. The van der Waals surface area contributed by atoms with E-state index < -0.39 is 11.7 Å². The Bertz CT molecular complexity index is 531. The fraction of sp³-hybridized carbons (Fsp3) is 0.650. The Kier molecular flexibility index (Phi) is 5.44. The van der Waals surface area contributed by atoms with Crippen LogP contribution in [0.25, 0.3) is 0 Å². The van der Waals surface area contributed by atoms with Crippen LogP contribution < -0.4 is 0 Å². The standard InChI is InChI=1S/C20H29NO3/c1-20(23,17-12-6-3-7-13-17)18(16-10-4-2-5-11-16)24-19(22)21-14-8-9-15-21/h3,6-7,12-13,16,18,23H,2,4-5,8-11,14-15H2,1H3/t18-,20+/m0/s1. The van der Waals surface area contributed by atoms with E-state index in [4.69, 9.17) is 4.74 Å². The van der Waals surface area contributed by atoms with Gasteiger partial charge in [-0.15, -0.1) is 0 Å². The second-order valence-electron chi connectivity index (χ2n) is 7.41. The first-order chi connectivity index (χ1) is 11.6. The summed E-state index contributed by atoms with van der Waals surface area (Å²) in [5.41, 5.74) is -0.353. The Balaban J connectivity index is 1.82. The first kappa shape index (κ1) is 17.3. The molecule has 1 amide bonds. The van der Waals surface area contributed by atoms with Crippen molar-refractivity contribution >= 4 is 6.09 Å². The van der Waals surface area contributed by atoms with Gasteiger partial charge in [0, 0.05) is 13.1 Å². The van der Waals surface area contributed by atoms with E-state index in [1.807, 2.05) is 30.3 Å². The van der Waals surface area contributed by atoms with Crippen molar-refractivity contribution in [1.29, 1.82) is 0 Å². The average Bonchev–Trinajstić information content (AvgIpc) is 3.15. The molecule has 0 radical (unpaired) electrons. The summed E-state index contributed by atoms with van der Waals surface area (Å²) in [5, 5.41) is 11.3. The van der Waals surface area contributed by atoms with Crippen LogP contribution in [0.2, 0.25) is 0 Å². The molecule has 0 spiro atoms. The predicted molar refractivity (Wildman–Crippen MR) is 93.7 cm³/mol. The molecule has 1 aromatic carbocycles. The molecule has 1 heterocycles. The third kappa shape index (κ3) is 3.75. The van der Waals surface area contributed by atoms with Crippen LogP contribution >= 0.6 is 0 Å². The molecule has 1 aromatic rings. The van der Waals surface area contributed by atoms with Gasteiger partial charge in [0.2, 0.25) is 0 Å². The molecule has 2 aliphatic rings. The van der Waals surface area contributed by atoms with Crippen molar-refractivity contribution < 1.29 is 14.6 Å². The smallest absolute Gasteiger partial charge is 0.410 e. The number of aliphatic hydroxyl groups is 1. The van der Waals surface area contributed by atoms with Gasteiger partial charge in [-0.1, -0.05) is 49.6 Å². The van der Waals surface area contributed by atoms with Crippen LogP contribution in [0.5, 0.6) is 0 Å². The van der Waals surface area contributed by atoms with Crippen LogP contribution in [-0.2, 0) is 10.3 Å². The van der Waals surface area contributed by atoms with Crippen LogP contribution in [0.1, 0.15) is 57.4 Å². The van der Waals surface area contributed by atoms with Crippen molar-refractivity contribution in [3.05, 3.63) is 35.9 Å². The molecular formula is C20H29NO3. The number of carbonyl (C=O) groups excluding carboxylic acids is 1. The number of amides is 1. The van der Waals surface area contributed by atoms with Gasteiger partial charge in [0.1, 0.15) is 11.7 Å². The summed E-state index contributed by atoms with van der Waals surface area (Å²) in [6, 6.07) is 9.61. The Morgan fingerprint density at radius 2 is 1.75 bits per heavy atom. The minimum absolute atomic E-state index is 0.223. The highest BCUT2D eigenvalue weighted by atomic mass is 16.6. The molecule has 132 valence electrons. The van der Waals surface area contributed by atoms with Crippen molar-refractivity contribution in [3.8, 4) is 0 Å². The number of carbonyl (C=O) groups is 1. The molecule has 2 fully saturated rings. The molecule has 4 heteroatoms. The van der Waals surface area contributed by atoms with Crippen molar-refractivity contribution in [2.45, 2.75) is 63.6 Å². The topological polar surface area (TPSA) is 49.8 Å². The van der Waals surface area contributed by atoms with Crippen molar-refractivity contribution in [2.24, 2.45) is 5.92 Å². The zero-order chi connectivity index (χ0) is 17.0. The Labute approximate surface area is 144 Å². The van der Waals surface area contributed by atoms with E-state index in [1.54, 1.807) is 11.8 Å². The molecule has 4 nitrogen and oxygen atoms in total. The molecule has 1 aliphatic heterocycles. The molecule has 0 bridgehead atoms. The van der Waals surface area contributed by atoms with Gasteiger partial charge in [-0.25, -0.2) is 4.79 Å². The SMILES string of the molecule is C[C@@](O)(c1ccccc1)[C@@H](OC(=O)N1CCCC1)C1CCCCC1. The lowest BCUT2D eigenvalue weighted by molar-refractivity contribution is -0.110. The maximum absolute atomic E-state index is 12.6. The Morgan fingerprint density at radius 3 is 2.38 bits per heavy atom. The molecule has 3 rings (SSSR count). The van der Waals surface area contributed by atoms with Gasteiger partial charge in [-0.05, 0) is 44.1 Å². The van der Waals surface area contributed by atoms with Gasteiger partial charge in [-0.3, -0.25) is 0 Å². The van der Waals surface area contributed by atoms with Crippen LogP contribution in [0.3, 0.4) is 0 Å². The highest BCUT2D eigenvalue weighted by molar-refractivity contribution is 5.68. The van der Waals surface area contributed by atoms with Gasteiger partial charge in [-0.2, -0.15) is 0 Å². The average molecular weight is 331 g/mol. The molecular weight excluding hydrogens is 302 g/mol. The van der Waals surface area contributed by atoms with E-state index in [0.29, 0.717) is 0 Å². The molecule has 1 N–H and O–H groups in total. The third-order valence-corrected chi connectivity index (χ3v) is 5.58. The molecule has 0 unspecified atom stereocenters. The quantitative estimate of drug-likeness (QED) is 0.904. The summed E-state index contributed by atoms with van der Waals surface area (Å²) < 4.78 is 5.93. The van der Waals surface area contributed by atoms with E-state index in [-0.39, 0.29) is 12.0 Å². The lowest BCUT2D eigenvalue weighted by Crippen LogP contribution is -2.47. The molecule has 2 atom stereocenters. The van der Waals surface area contributed by atoms with Crippen molar-refractivity contribution in [3.63, 3.8) is 0 Å². The Morgan fingerprint density at radius 1 is 1.12 bits per heavy atom. The highest BCUT2D eigenvalue weighted by Gasteiger charge is 2.43. The summed E-state index contributed by atoms with van der Waals surface area (Å²) in [6.07, 6.45) is 6.88. The van der Waals surface area contributed by atoms with Gasteiger partial charge in [0.05, 0.1) is 0 Å². The second kappa shape index (κ2) is 7.56. The first-order valence-electron chi connectivity index (χ1n) is 9.32. The lowest BCUT2D eigenvalue weighted by Gasteiger charge is -2.40. The zero-order valence-corrected chi connectivity index (χ0v) is 14.6. The maximum atomic E-state index is 12.6. The number of likely N-dealkylation sites (tertiary alicyclic amines) is 1. The molecule has 1 saturated carbocycles. The minimum Gasteiger partial charge on any atom is -0.442 e. The van der Waals surface area contributed by atoms with E-state index in [9.17, 15) is 9.90 Å². The van der Waals surface area contributed by atoms with Crippen LogP contribution in [0.15, 0.2) is 30.3 Å². The van der Waals surface area contributed by atoms with Crippen LogP contribution in [0.4, 0.5) is 4.79 Å². The molecule has 24 heavy (non-hydrogen) atoms. The zero-order valence-electron chi connectivity index (χ0n) is 14.6. The number of rotatable bonds is 4. The van der Waals surface area contributed by atoms with Gasteiger partial charge < -0.3 is 14.7 Å². The summed E-state index contributed by atoms with van der Waals surface area (Å²) >= 11 is 0. The monoisotopic (exact) mass is 331 g/mol. The highest BCUT2D eigenvalue weighted by Crippen LogP contribution is 2.38. The summed E-state index contributed by atoms with van der Waals surface area (Å²) in [4.78, 5) is 14.3. The normalized spacial score (nSPS) is 22.8. The third-order valence-electron chi connectivity index (χ3n) is 5.58. The fourth-order valence-corrected chi connectivity index (χ4v) is 4.13. The predicted octanol–water partition coefficient (Wildman–Crippen LogP) is 4.08. The van der Waals surface area contributed by atoms with Gasteiger partial charge >= 0.3 is 6.09 Å². The number of benzene rings is 1. The molecule has 0 aromatic heterocycles. The minimum atomic E-state index is -1.17. The van der Waals surface area contributed by atoms with Gasteiger partial charge in [0.15, 0.2) is 0 Å². The van der Waals surface area contributed by atoms with E-state index in [2.05, 4.69) is 0 Å². The summed E-state index contributed by atoms with van der Waals surface area (Å²) in [6.45, 7) is 3.33.